The predicted molar refractivity (Wildman–Crippen MR) is 98.0 cm³/mol. The highest BCUT2D eigenvalue weighted by Gasteiger charge is 2.35. The van der Waals surface area contributed by atoms with E-state index in [0.29, 0.717) is 31.1 Å². The number of imide groups is 1. The molecule has 0 radical (unpaired) electrons. The number of piperazine rings is 1. The van der Waals surface area contributed by atoms with Gasteiger partial charge in [0.05, 0.1) is 37.6 Å². The molecule has 3 rings (SSSR count). The molecule has 9 heteroatoms. The van der Waals surface area contributed by atoms with Crippen molar-refractivity contribution < 1.29 is 27.6 Å². The van der Waals surface area contributed by atoms with Crippen LogP contribution >= 0.6 is 0 Å². The number of quaternary nitrogens is 1. The Morgan fingerprint density at radius 3 is 2.22 bits per heavy atom. The number of hydrogen-bond donors (Lipinski definition) is 1. The van der Waals surface area contributed by atoms with Crippen LogP contribution in [0.1, 0.15) is 16.7 Å². The first-order valence-corrected chi connectivity index (χ1v) is 10.5. The number of carbonyl (C=O) groups is 2. The molecule has 1 aromatic rings. The van der Waals surface area contributed by atoms with E-state index in [1.54, 1.807) is 0 Å². The minimum absolute atomic E-state index is 0.172. The van der Waals surface area contributed by atoms with Crippen LogP contribution in [0.4, 0.5) is 4.79 Å². The van der Waals surface area contributed by atoms with E-state index in [4.69, 9.17) is 4.74 Å². The van der Waals surface area contributed by atoms with E-state index in [0.717, 1.165) is 26.5 Å². The van der Waals surface area contributed by atoms with Gasteiger partial charge in [0.25, 0.3) is 5.91 Å². The second-order valence-corrected chi connectivity index (χ2v) is 9.09. The maximum absolute atomic E-state index is 13.1. The zero-order valence-corrected chi connectivity index (χ0v) is 16.8. The first-order valence-electron chi connectivity index (χ1n) is 9.09. The molecule has 0 bridgehead atoms. The van der Waals surface area contributed by atoms with Crippen molar-refractivity contribution in [2.45, 2.75) is 25.7 Å². The third-order valence-corrected chi connectivity index (χ3v) is 7.30. The highest BCUT2D eigenvalue weighted by Crippen LogP contribution is 2.25. The predicted octanol–water partition coefficient (Wildman–Crippen LogP) is -0.520. The Hall–Kier alpha value is -1.97. The van der Waals surface area contributed by atoms with Crippen LogP contribution in [0, 0.1) is 20.8 Å². The van der Waals surface area contributed by atoms with Gasteiger partial charge in [0.15, 0.2) is 6.54 Å². The van der Waals surface area contributed by atoms with Crippen LogP contribution in [0.3, 0.4) is 0 Å². The van der Waals surface area contributed by atoms with E-state index in [2.05, 4.69) is 0 Å². The van der Waals surface area contributed by atoms with Crippen molar-refractivity contribution in [3.63, 3.8) is 0 Å². The lowest BCUT2D eigenvalue weighted by Crippen LogP contribution is -3.15. The first kappa shape index (κ1) is 19.8. The van der Waals surface area contributed by atoms with Gasteiger partial charge in [-0.25, -0.2) is 18.1 Å². The summed E-state index contributed by atoms with van der Waals surface area (Å²) in [5, 5.41) is 0. The molecule has 2 amide bonds. The van der Waals surface area contributed by atoms with Crippen LogP contribution in [0.2, 0.25) is 0 Å². The van der Waals surface area contributed by atoms with Gasteiger partial charge in [-0.05, 0) is 31.9 Å². The molecule has 1 aromatic carbocycles. The number of rotatable bonds is 4. The summed E-state index contributed by atoms with van der Waals surface area (Å²) in [6.45, 7) is 8.04. The number of amides is 2. The topological polar surface area (TPSA) is 88.4 Å². The molecule has 2 aliphatic heterocycles. The summed E-state index contributed by atoms with van der Waals surface area (Å²) < 4.78 is 32.5. The van der Waals surface area contributed by atoms with E-state index in [1.165, 1.54) is 4.31 Å². The van der Waals surface area contributed by atoms with Crippen LogP contribution in [-0.4, -0.2) is 75.5 Å². The molecule has 0 spiro atoms. The molecule has 27 heavy (non-hydrogen) atoms. The van der Waals surface area contributed by atoms with Crippen LogP contribution in [0.25, 0.3) is 0 Å². The van der Waals surface area contributed by atoms with E-state index in [-0.39, 0.29) is 25.6 Å². The molecule has 1 N–H and O–H groups in total. The fourth-order valence-electron chi connectivity index (χ4n) is 3.85. The minimum Gasteiger partial charge on any atom is -0.447 e. The van der Waals surface area contributed by atoms with Gasteiger partial charge < -0.3 is 9.64 Å². The van der Waals surface area contributed by atoms with Gasteiger partial charge in [0, 0.05) is 0 Å². The Balaban J connectivity index is 1.65. The summed E-state index contributed by atoms with van der Waals surface area (Å²) in [5.41, 5.74) is 2.55. The lowest BCUT2D eigenvalue weighted by molar-refractivity contribution is -0.895. The third-order valence-electron chi connectivity index (χ3n) is 5.10. The summed E-state index contributed by atoms with van der Waals surface area (Å²) in [7, 11) is -3.57. The van der Waals surface area contributed by atoms with Crippen LogP contribution in [0.15, 0.2) is 17.0 Å². The summed E-state index contributed by atoms with van der Waals surface area (Å²) in [4.78, 5) is 26.2. The lowest BCUT2D eigenvalue weighted by atomic mass is 10.1. The van der Waals surface area contributed by atoms with E-state index in [1.807, 2.05) is 32.9 Å². The molecular formula is C18H26N3O5S+. The van der Waals surface area contributed by atoms with E-state index < -0.39 is 16.1 Å². The van der Waals surface area contributed by atoms with Crippen LogP contribution in [-0.2, 0) is 19.6 Å². The number of ether oxygens (including phenoxy) is 1. The number of cyclic esters (lactones) is 1. The summed E-state index contributed by atoms with van der Waals surface area (Å²) >= 11 is 0. The number of benzene rings is 1. The first-order chi connectivity index (χ1) is 12.7. The van der Waals surface area contributed by atoms with Crippen LogP contribution < -0.4 is 4.90 Å². The van der Waals surface area contributed by atoms with Crippen molar-refractivity contribution in [1.29, 1.82) is 0 Å². The van der Waals surface area contributed by atoms with Gasteiger partial charge in [-0.1, -0.05) is 17.7 Å². The molecule has 2 heterocycles. The smallest absolute Gasteiger partial charge is 0.416 e. The van der Waals surface area contributed by atoms with Gasteiger partial charge in [-0.3, -0.25) is 4.79 Å². The molecule has 0 unspecified atom stereocenters. The maximum Gasteiger partial charge on any atom is 0.416 e. The van der Waals surface area contributed by atoms with Crippen molar-refractivity contribution in [2.75, 3.05) is 45.9 Å². The van der Waals surface area contributed by atoms with Crippen molar-refractivity contribution in [2.24, 2.45) is 0 Å². The Kier molecular flexibility index (Phi) is 5.55. The molecule has 148 valence electrons. The SMILES string of the molecule is Cc1cc(C)c(S(=O)(=O)N2CC[NH+](CC(=O)N3CCOC3=O)CC2)c(C)c1. The summed E-state index contributed by atoms with van der Waals surface area (Å²) in [6, 6.07) is 3.77. The van der Waals surface area contributed by atoms with Gasteiger partial charge in [-0.15, -0.1) is 0 Å². The van der Waals surface area contributed by atoms with Crippen molar-refractivity contribution in [3.05, 3.63) is 28.8 Å². The molecule has 0 atom stereocenters. The van der Waals surface area contributed by atoms with Gasteiger partial charge in [-0.2, -0.15) is 4.31 Å². The molecule has 8 nitrogen and oxygen atoms in total. The second-order valence-electron chi connectivity index (χ2n) is 7.22. The number of sulfonamides is 1. The minimum atomic E-state index is -3.57. The average Bonchev–Trinajstić information content (AvgIpc) is 3.00. The highest BCUT2D eigenvalue weighted by atomic mass is 32.2. The Bertz CT molecular complexity index is 837. The van der Waals surface area contributed by atoms with E-state index >= 15 is 0 Å². The number of nitrogens with zero attached hydrogens (tertiary/aromatic N) is 2. The molecule has 0 saturated carbocycles. The average molecular weight is 396 g/mol. The largest absolute Gasteiger partial charge is 0.447 e. The fourth-order valence-corrected chi connectivity index (χ4v) is 5.70. The number of aryl methyl sites for hydroxylation is 3. The van der Waals surface area contributed by atoms with Gasteiger partial charge >= 0.3 is 6.09 Å². The molecule has 2 fully saturated rings. The van der Waals surface area contributed by atoms with E-state index in [9.17, 15) is 18.0 Å². The summed E-state index contributed by atoms with van der Waals surface area (Å²) in [5.74, 6) is -0.269. The van der Waals surface area contributed by atoms with Crippen molar-refractivity contribution >= 4 is 22.0 Å². The Labute approximate surface area is 159 Å². The summed E-state index contributed by atoms with van der Waals surface area (Å²) in [6.07, 6.45) is -0.592. The number of nitrogens with one attached hydrogen (secondary N) is 1. The van der Waals surface area contributed by atoms with Gasteiger partial charge in [0.1, 0.15) is 6.61 Å². The molecule has 2 saturated heterocycles. The number of carbonyl (C=O) groups excluding carboxylic acids is 2. The lowest BCUT2D eigenvalue weighted by Gasteiger charge is -2.32. The molecular weight excluding hydrogens is 370 g/mol. The molecule has 0 aromatic heterocycles. The maximum atomic E-state index is 13.1. The van der Waals surface area contributed by atoms with Crippen LogP contribution in [0.5, 0.6) is 0 Å². The third kappa shape index (κ3) is 3.99. The van der Waals surface area contributed by atoms with Crippen molar-refractivity contribution in [3.8, 4) is 0 Å². The van der Waals surface area contributed by atoms with Gasteiger partial charge in [0.2, 0.25) is 10.0 Å². The zero-order chi connectivity index (χ0) is 19.8. The second kappa shape index (κ2) is 7.57. The Morgan fingerprint density at radius 2 is 1.70 bits per heavy atom. The highest BCUT2D eigenvalue weighted by molar-refractivity contribution is 7.89. The van der Waals surface area contributed by atoms with Crippen molar-refractivity contribution in [1.82, 2.24) is 9.21 Å². The molecule has 0 aliphatic carbocycles. The monoisotopic (exact) mass is 396 g/mol. The Morgan fingerprint density at radius 1 is 1.11 bits per heavy atom. The fraction of sp³-hybridized carbons (Fsp3) is 0.556. The normalized spacial score (nSPS) is 19.4. The quantitative estimate of drug-likeness (QED) is 0.740. The zero-order valence-electron chi connectivity index (χ0n) is 15.9. The number of hydrogen-bond acceptors (Lipinski definition) is 5. The molecule has 2 aliphatic rings. The standard InChI is InChI=1S/C18H25N3O5S/c1-13-10-14(2)17(15(3)11-13)27(24,25)20-6-4-19(5-7-20)12-16(22)21-8-9-26-18(21)23/h10-11H,4-9,12H2,1-3H3/p+1.